The average Bonchev–Trinajstić information content (AvgIpc) is 2.72. The van der Waals surface area contributed by atoms with Crippen molar-refractivity contribution in [2.24, 2.45) is 0 Å². The first-order valence-corrected chi connectivity index (χ1v) is 9.92. The van der Waals surface area contributed by atoms with E-state index in [1.54, 1.807) is 18.2 Å². The van der Waals surface area contributed by atoms with Crippen LogP contribution in [0.1, 0.15) is 35.2 Å². The minimum atomic E-state index is -0.995. The van der Waals surface area contributed by atoms with E-state index in [9.17, 15) is 14.0 Å². The molecule has 154 valence electrons. The van der Waals surface area contributed by atoms with Crippen molar-refractivity contribution in [2.45, 2.75) is 31.6 Å². The van der Waals surface area contributed by atoms with Crippen molar-refractivity contribution in [3.8, 4) is 5.75 Å². The molecule has 0 atom stereocenters. The standard InChI is InChI=1S/C23H19ClFNO4/c24-20-12-19(22(28)26-23(30-14-27)10-3-11-23)21(18-5-2-1-4-17(18)20)29-13-15-6-8-16(25)9-7-15/h1-2,4-9,12,14H,3,10-11,13H2,(H,26,28). The lowest BCUT2D eigenvalue weighted by molar-refractivity contribution is -0.156. The molecule has 1 amide bonds. The van der Waals surface area contributed by atoms with Crippen LogP contribution in [0.4, 0.5) is 4.39 Å². The zero-order valence-electron chi connectivity index (χ0n) is 16.0. The van der Waals surface area contributed by atoms with Gasteiger partial charge in [0.1, 0.15) is 18.2 Å². The highest BCUT2D eigenvalue weighted by Gasteiger charge is 2.41. The van der Waals surface area contributed by atoms with Crippen molar-refractivity contribution >= 4 is 34.8 Å². The first kappa shape index (κ1) is 20.2. The van der Waals surface area contributed by atoms with Gasteiger partial charge in [-0.3, -0.25) is 9.59 Å². The minimum absolute atomic E-state index is 0.141. The van der Waals surface area contributed by atoms with E-state index in [0.29, 0.717) is 35.5 Å². The van der Waals surface area contributed by atoms with E-state index in [4.69, 9.17) is 21.1 Å². The third kappa shape index (κ3) is 3.96. The molecule has 0 aliphatic heterocycles. The van der Waals surface area contributed by atoms with Crippen molar-refractivity contribution in [3.05, 3.63) is 76.6 Å². The van der Waals surface area contributed by atoms with Crippen LogP contribution in [0.15, 0.2) is 54.6 Å². The fraction of sp³-hybridized carbons (Fsp3) is 0.217. The number of carbonyl (C=O) groups is 2. The molecule has 0 saturated heterocycles. The molecule has 0 aromatic heterocycles. The van der Waals surface area contributed by atoms with E-state index in [2.05, 4.69) is 5.32 Å². The van der Waals surface area contributed by atoms with E-state index >= 15 is 0 Å². The van der Waals surface area contributed by atoms with Crippen molar-refractivity contribution in [3.63, 3.8) is 0 Å². The maximum atomic E-state index is 13.2. The summed E-state index contributed by atoms with van der Waals surface area (Å²) in [7, 11) is 0. The molecule has 0 radical (unpaired) electrons. The average molecular weight is 428 g/mol. The number of amides is 1. The number of fused-ring (bicyclic) bond motifs is 1. The summed E-state index contributed by atoms with van der Waals surface area (Å²) in [6, 6.07) is 14.8. The van der Waals surface area contributed by atoms with E-state index in [1.807, 2.05) is 24.3 Å². The van der Waals surface area contributed by atoms with Crippen molar-refractivity contribution in [1.82, 2.24) is 5.32 Å². The summed E-state index contributed by atoms with van der Waals surface area (Å²) in [5, 5.41) is 4.63. The predicted molar refractivity (Wildman–Crippen MR) is 111 cm³/mol. The first-order chi connectivity index (χ1) is 14.5. The molecule has 3 aromatic carbocycles. The second-order valence-electron chi connectivity index (χ2n) is 7.21. The van der Waals surface area contributed by atoms with Crippen LogP contribution in [-0.4, -0.2) is 18.1 Å². The fourth-order valence-electron chi connectivity index (χ4n) is 3.50. The lowest BCUT2D eigenvalue weighted by atomic mass is 9.87. The van der Waals surface area contributed by atoms with Crippen molar-refractivity contribution in [1.29, 1.82) is 0 Å². The molecule has 1 saturated carbocycles. The number of benzene rings is 3. The molecule has 0 spiro atoms. The Kier molecular flexibility index (Phi) is 5.59. The van der Waals surface area contributed by atoms with E-state index in [0.717, 1.165) is 17.4 Å². The Balaban J connectivity index is 1.70. The SMILES string of the molecule is O=COC1(NC(=O)c2cc(Cl)c3ccccc3c2OCc2ccc(F)cc2)CCC1. The maximum Gasteiger partial charge on any atom is 0.295 e. The second-order valence-corrected chi connectivity index (χ2v) is 7.62. The summed E-state index contributed by atoms with van der Waals surface area (Å²) in [5.41, 5.74) is -0.00585. The monoisotopic (exact) mass is 427 g/mol. The molecule has 1 aliphatic carbocycles. The van der Waals surface area contributed by atoms with Gasteiger partial charge in [0, 0.05) is 28.6 Å². The first-order valence-electron chi connectivity index (χ1n) is 9.54. The van der Waals surface area contributed by atoms with E-state index in [1.165, 1.54) is 12.1 Å². The highest BCUT2D eigenvalue weighted by Crippen LogP contribution is 2.38. The van der Waals surface area contributed by atoms with Crippen LogP contribution >= 0.6 is 11.6 Å². The van der Waals surface area contributed by atoms with Crippen LogP contribution in [0.25, 0.3) is 10.8 Å². The zero-order valence-corrected chi connectivity index (χ0v) is 16.7. The highest BCUT2D eigenvalue weighted by atomic mass is 35.5. The lowest BCUT2D eigenvalue weighted by Crippen LogP contribution is -2.55. The van der Waals surface area contributed by atoms with Gasteiger partial charge in [0.2, 0.25) is 0 Å². The molecule has 0 unspecified atom stereocenters. The molecule has 7 heteroatoms. The summed E-state index contributed by atoms with van der Waals surface area (Å²) in [4.78, 5) is 24.0. The number of ether oxygens (including phenoxy) is 2. The third-order valence-electron chi connectivity index (χ3n) is 5.26. The van der Waals surface area contributed by atoms with Gasteiger partial charge in [0.15, 0.2) is 5.72 Å². The van der Waals surface area contributed by atoms with Gasteiger partial charge in [-0.05, 0) is 30.2 Å². The van der Waals surface area contributed by atoms with Crippen LogP contribution in [0.2, 0.25) is 5.02 Å². The number of nitrogens with one attached hydrogen (secondary N) is 1. The number of carbonyl (C=O) groups excluding carboxylic acids is 2. The lowest BCUT2D eigenvalue weighted by Gasteiger charge is -2.40. The molecule has 1 aliphatic rings. The molecule has 30 heavy (non-hydrogen) atoms. The molecule has 0 heterocycles. The molecule has 0 bridgehead atoms. The largest absolute Gasteiger partial charge is 0.487 e. The summed E-state index contributed by atoms with van der Waals surface area (Å²) >= 11 is 6.43. The Morgan fingerprint density at radius 2 is 1.83 bits per heavy atom. The van der Waals surface area contributed by atoms with E-state index < -0.39 is 11.6 Å². The van der Waals surface area contributed by atoms with Gasteiger partial charge in [-0.2, -0.15) is 0 Å². The van der Waals surface area contributed by atoms with Crippen LogP contribution < -0.4 is 10.1 Å². The van der Waals surface area contributed by atoms with Crippen molar-refractivity contribution in [2.75, 3.05) is 0 Å². The number of hydrogen-bond donors (Lipinski definition) is 1. The van der Waals surface area contributed by atoms with Gasteiger partial charge in [-0.25, -0.2) is 4.39 Å². The Morgan fingerprint density at radius 1 is 1.13 bits per heavy atom. The summed E-state index contributed by atoms with van der Waals surface area (Å²) in [6.07, 6.45) is 1.94. The quantitative estimate of drug-likeness (QED) is 0.426. The third-order valence-corrected chi connectivity index (χ3v) is 5.57. The summed E-state index contributed by atoms with van der Waals surface area (Å²) < 4.78 is 24.3. The maximum absolute atomic E-state index is 13.2. The Bertz CT molecular complexity index is 1100. The molecular weight excluding hydrogens is 409 g/mol. The normalized spacial score (nSPS) is 14.6. The zero-order chi connectivity index (χ0) is 21.1. The van der Waals surface area contributed by atoms with Gasteiger partial charge in [0.05, 0.1) is 5.56 Å². The topological polar surface area (TPSA) is 64.6 Å². The minimum Gasteiger partial charge on any atom is -0.487 e. The van der Waals surface area contributed by atoms with Gasteiger partial charge >= 0.3 is 0 Å². The van der Waals surface area contributed by atoms with Crippen molar-refractivity contribution < 1.29 is 23.5 Å². The van der Waals surface area contributed by atoms with Crippen LogP contribution in [0.3, 0.4) is 0 Å². The Hall–Kier alpha value is -3.12. The van der Waals surface area contributed by atoms with Crippen LogP contribution in [0, 0.1) is 5.82 Å². The van der Waals surface area contributed by atoms with Crippen LogP contribution in [-0.2, 0) is 16.1 Å². The fourth-order valence-corrected chi connectivity index (χ4v) is 3.78. The second kappa shape index (κ2) is 8.32. The summed E-state index contributed by atoms with van der Waals surface area (Å²) in [6.45, 7) is 0.487. The van der Waals surface area contributed by atoms with Gasteiger partial charge in [-0.15, -0.1) is 0 Å². The van der Waals surface area contributed by atoms with E-state index in [-0.39, 0.29) is 18.0 Å². The van der Waals surface area contributed by atoms with Crippen LogP contribution in [0.5, 0.6) is 5.75 Å². The number of halogens is 2. The predicted octanol–water partition coefficient (Wildman–Crippen LogP) is 4.99. The Labute approximate surface area is 177 Å². The molecular formula is C23H19ClFNO4. The molecule has 4 rings (SSSR count). The van der Waals surface area contributed by atoms with Gasteiger partial charge < -0.3 is 14.8 Å². The highest BCUT2D eigenvalue weighted by molar-refractivity contribution is 6.36. The summed E-state index contributed by atoms with van der Waals surface area (Å²) in [5.74, 6) is -0.424. The molecule has 3 aromatic rings. The van der Waals surface area contributed by atoms with Gasteiger partial charge in [-0.1, -0.05) is 48.0 Å². The molecule has 1 N–H and O–H groups in total. The number of rotatable bonds is 7. The smallest absolute Gasteiger partial charge is 0.295 e. The molecule has 5 nitrogen and oxygen atoms in total. The molecule has 1 fully saturated rings. The van der Waals surface area contributed by atoms with Gasteiger partial charge in [0.25, 0.3) is 12.4 Å². The Morgan fingerprint density at radius 3 is 2.47 bits per heavy atom. The number of hydrogen-bond acceptors (Lipinski definition) is 4.